The lowest BCUT2D eigenvalue weighted by Gasteiger charge is -2.09. The van der Waals surface area contributed by atoms with E-state index < -0.39 is 10.7 Å². The molecule has 0 aromatic heterocycles. The summed E-state index contributed by atoms with van der Waals surface area (Å²) in [6.07, 6.45) is 0. The summed E-state index contributed by atoms with van der Waals surface area (Å²) in [5, 5.41) is 10.7. The molecule has 0 spiro atoms. The number of hydrogen-bond donors (Lipinski definition) is 0. The van der Waals surface area contributed by atoms with Gasteiger partial charge >= 0.3 is 0 Å². The number of nitrogens with zero attached hydrogens (tertiary/aromatic N) is 1. The quantitative estimate of drug-likeness (QED) is 0.484. The Hall–Kier alpha value is -2.76. The molecule has 0 saturated carbocycles. The van der Waals surface area contributed by atoms with Gasteiger partial charge in [-0.2, -0.15) is 0 Å². The fraction of sp³-hybridized carbons (Fsp3) is 0.0714. The second-order valence-corrected chi connectivity index (χ2v) is 4.05. The fourth-order valence-electron chi connectivity index (χ4n) is 1.65. The molecule has 2 rings (SSSR count). The Bertz CT molecular complexity index is 685. The molecule has 0 N–H and O–H groups in total. The fourth-order valence-corrected chi connectivity index (χ4v) is 1.65. The van der Waals surface area contributed by atoms with E-state index in [1.165, 1.54) is 37.3 Å². The van der Waals surface area contributed by atoms with Crippen LogP contribution in [-0.4, -0.2) is 10.7 Å². The zero-order valence-electron chi connectivity index (χ0n) is 10.5. The first-order valence-corrected chi connectivity index (χ1v) is 5.70. The van der Waals surface area contributed by atoms with Crippen LogP contribution in [0.5, 0.6) is 11.5 Å². The van der Waals surface area contributed by atoms with E-state index in [2.05, 4.69) is 0 Å². The average molecular weight is 275 g/mol. The molecule has 0 heterocycles. The van der Waals surface area contributed by atoms with Crippen LogP contribution in [-0.2, 0) is 0 Å². The highest BCUT2D eigenvalue weighted by molar-refractivity contribution is 5.97. The molecular weight excluding hydrogens is 265 g/mol. The van der Waals surface area contributed by atoms with E-state index in [-0.39, 0.29) is 28.5 Å². The van der Waals surface area contributed by atoms with Crippen LogP contribution in [0.1, 0.15) is 17.3 Å². The summed E-state index contributed by atoms with van der Waals surface area (Å²) in [5.41, 5.74) is -0.134. The number of nitro groups is 1. The molecule has 0 aliphatic heterocycles. The molecule has 0 radical (unpaired) electrons. The van der Waals surface area contributed by atoms with Crippen LogP contribution in [0.4, 0.5) is 10.1 Å². The first-order chi connectivity index (χ1) is 9.47. The molecule has 0 amide bonds. The van der Waals surface area contributed by atoms with Crippen LogP contribution in [0.3, 0.4) is 0 Å². The van der Waals surface area contributed by atoms with E-state index in [1.54, 1.807) is 0 Å². The van der Waals surface area contributed by atoms with Gasteiger partial charge in [0.2, 0.25) is 0 Å². The topological polar surface area (TPSA) is 69.4 Å². The lowest BCUT2D eigenvalue weighted by molar-refractivity contribution is -0.384. The summed E-state index contributed by atoms with van der Waals surface area (Å²) in [4.78, 5) is 21.6. The minimum Gasteiger partial charge on any atom is -0.456 e. The minimum atomic E-state index is -0.599. The van der Waals surface area contributed by atoms with Crippen molar-refractivity contribution in [1.29, 1.82) is 0 Å². The highest BCUT2D eigenvalue weighted by Crippen LogP contribution is 2.29. The van der Waals surface area contributed by atoms with Crippen LogP contribution >= 0.6 is 0 Å². The van der Waals surface area contributed by atoms with Crippen LogP contribution < -0.4 is 4.74 Å². The van der Waals surface area contributed by atoms with Gasteiger partial charge in [0.25, 0.3) is 5.69 Å². The Morgan fingerprint density at radius 1 is 1.25 bits per heavy atom. The van der Waals surface area contributed by atoms with Crippen LogP contribution in [0.25, 0.3) is 0 Å². The number of ketones is 1. The number of halogens is 1. The zero-order valence-corrected chi connectivity index (χ0v) is 10.5. The maximum absolute atomic E-state index is 13.1. The van der Waals surface area contributed by atoms with Crippen molar-refractivity contribution in [3.05, 3.63) is 64.0 Å². The van der Waals surface area contributed by atoms with Gasteiger partial charge in [0.15, 0.2) is 5.78 Å². The Morgan fingerprint density at radius 2 is 2.00 bits per heavy atom. The van der Waals surface area contributed by atoms with Crippen molar-refractivity contribution in [2.75, 3.05) is 0 Å². The van der Waals surface area contributed by atoms with Gasteiger partial charge < -0.3 is 4.74 Å². The predicted octanol–water partition coefficient (Wildman–Crippen LogP) is 3.73. The van der Waals surface area contributed by atoms with Gasteiger partial charge in [0, 0.05) is 18.2 Å². The SMILES string of the molecule is CC(=O)c1cc([N+](=O)[O-])ccc1Oc1cccc(F)c1. The molecule has 0 aliphatic carbocycles. The second kappa shape index (κ2) is 5.48. The number of ether oxygens (including phenoxy) is 1. The molecule has 0 saturated heterocycles. The number of non-ortho nitro benzene ring substituents is 1. The Balaban J connectivity index is 2.41. The monoisotopic (exact) mass is 275 g/mol. The summed E-state index contributed by atoms with van der Waals surface area (Å²) in [5.74, 6) is -0.496. The molecule has 0 aliphatic rings. The van der Waals surface area contributed by atoms with Crippen molar-refractivity contribution in [3.63, 3.8) is 0 Å². The van der Waals surface area contributed by atoms with Crippen LogP contribution in [0, 0.1) is 15.9 Å². The molecule has 0 atom stereocenters. The maximum Gasteiger partial charge on any atom is 0.270 e. The van der Waals surface area contributed by atoms with E-state index >= 15 is 0 Å². The molecule has 6 heteroatoms. The lowest BCUT2D eigenvalue weighted by Crippen LogP contribution is -1.99. The zero-order chi connectivity index (χ0) is 14.7. The second-order valence-electron chi connectivity index (χ2n) is 4.05. The number of rotatable bonds is 4. The van der Waals surface area contributed by atoms with Crippen LogP contribution in [0.15, 0.2) is 42.5 Å². The predicted molar refractivity (Wildman–Crippen MR) is 69.6 cm³/mol. The van der Waals surface area contributed by atoms with E-state index in [1.807, 2.05) is 0 Å². The van der Waals surface area contributed by atoms with Crippen molar-refractivity contribution < 1.29 is 18.8 Å². The molecular formula is C14H10FNO4. The maximum atomic E-state index is 13.1. The molecule has 0 fully saturated rings. The molecule has 2 aromatic carbocycles. The number of hydrogen-bond acceptors (Lipinski definition) is 4. The number of nitro benzene ring substituents is 1. The van der Waals surface area contributed by atoms with Crippen molar-refractivity contribution in [2.24, 2.45) is 0 Å². The first-order valence-electron chi connectivity index (χ1n) is 5.70. The summed E-state index contributed by atoms with van der Waals surface area (Å²) < 4.78 is 18.5. The summed E-state index contributed by atoms with van der Waals surface area (Å²) in [6.45, 7) is 1.28. The van der Waals surface area contributed by atoms with Crippen molar-refractivity contribution in [3.8, 4) is 11.5 Å². The molecule has 102 valence electrons. The summed E-state index contributed by atoms with van der Waals surface area (Å²) >= 11 is 0. The number of carbonyl (C=O) groups excluding carboxylic acids is 1. The highest BCUT2D eigenvalue weighted by atomic mass is 19.1. The minimum absolute atomic E-state index is 0.0726. The van der Waals surface area contributed by atoms with Gasteiger partial charge in [-0.15, -0.1) is 0 Å². The van der Waals surface area contributed by atoms with Gasteiger partial charge in [-0.1, -0.05) is 6.07 Å². The molecule has 2 aromatic rings. The lowest BCUT2D eigenvalue weighted by atomic mass is 10.1. The smallest absolute Gasteiger partial charge is 0.270 e. The van der Waals surface area contributed by atoms with E-state index in [0.717, 1.165) is 12.1 Å². The van der Waals surface area contributed by atoms with E-state index in [9.17, 15) is 19.3 Å². The van der Waals surface area contributed by atoms with Gasteiger partial charge in [0.1, 0.15) is 17.3 Å². The Labute approximate surface area is 113 Å². The normalized spacial score (nSPS) is 10.1. The highest BCUT2D eigenvalue weighted by Gasteiger charge is 2.15. The van der Waals surface area contributed by atoms with Crippen molar-refractivity contribution in [1.82, 2.24) is 0 Å². The molecule has 0 bridgehead atoms. The summed E-state index contributed by atoms with van der Waals surface area (Å²) in [6, 6.07) is 9.08. The summed E-state index contributed by atoms with van der Waals surface area (Å²) in [7, 11) is 0. The standard InChI is InChI=1S/C14H10FNO4/c1-9(17)13-8-11(16(18)19)5-6-14(13)20-12-4-2-3-10(15)7-12/h2-8H,1H3. The third-order valence-electron chi connectivity index (χ3n) is 2.58. The van der Waals surface area contributed by atoms with Crippen molar-refractivity contribution in [2.45, 2.75) is 6.92 Å². The average Bonchev–Trinajstić information content (AvgIpc) is 2.38. The molecule has 5 nitrogen and oxygen atoms in total. The Morgan fingerprint density at radius 3 is 2.60 bits per heavy atom. The van der Waals surface area contributed by atoms with E-state index in [0.29, 0.717) is 0 Å². The van der Waals surface area contributed by atoms with Gasteiger partial charge in [0.05, 0.1) is 10.5 Å². The number of carbonyl (C=O) groups is 1. The van der Waals surface area contributed by atoms with Gasteiger partial charge in [-0.3, -0.25) is 14.9 Å². The number of benzene rings is 2. The van der Waals surface area contributed by atoms with Crippen LogP contribution in [0.2, 0.25) is 0 Å². The third-order valence-corrected chi connectivity index (χ3v) is 2.58. The number of Topliss-reactive ketones (excluding diaryl/α,β-unsaturated/α-hetero) is 1. The largest absolute Gasteiger partial charge is 0.456 e. The molecule has 0 unspecified atom stereocenters. The van der Waals surface area contributed by atoms with Gasteiger partial charge in [-0.05, 0) is 25.1 Å². The van der Waals surface area contributed by atoms with Crippen molar-refractivity contribution >= 4 is 11.5 Å². The third kappa shape index (κ3) is 2.97. The Kier molecular flexibility index (Phi) is 3.74. The first kappa shape index (κ1) is 13.7. The van der Waals surface area contributed by atoms with Gasteiger partial charge in [-0.25, -0.2) is 4.39 Å². The molecule has 20 heavy (non-hydrogen) atoms. The van der Waals surface area contributed by atoms with E-state index in [4.69, 9.17) is 4.74 Å².